The van der Waals surface area contributed by atoms with Crippen LogP contribution in [-0.4, -0.2) is 56.2 Å². The van der Waals surface area contributed by atoms with Gasteiger partial charge in [-0.3, -0.25) is 9.59 Å². The molecule has 0 atom stereocenters. The topological polar surface area (TPSA) is 111 Å². The quantitative estimate of drug-likeness (QED) is 0.422. The number of carbonyl (C=O) groups is 1. The first-order chi connectivity index (χ1) is 17.6. The van der Waals surface area contributed by atoms with Gasteiger partial charge in [0.1, 0.15) is 5.75 Å². The number of β-amino-alcohol motifs (C(OH)–C–C–N with tert-alkyl or cyclic N) is 1. The molecule has 1 fully saturated rings. The molecular formula is C25H19F3N4O5. The zero-order chi connectivity index (χ0) is 26.2. The average molecular weight is 512 g/mol. The number of rotatable bonds is 6. The minimum absolute atomic E-state index is 0.111. The van der Waals surface area contributed by atoms with Gasteiger partial charge in [0, 0.05) is 36.5 Å². The Bertz CT molecular complexity index is 1490. The van der Waals surface area contributed by atoms with Crippen LogP contribution >= 0.6 is 0 Å². The van der Waals surface area contributed by atoms with Gasteiger partial charge in [0.15, 0.2) is 0 Å². The van der Waals surface area contributed by atoms with Crippen molar-refractivity contribution in [2.45, 2.75) is 19.0 Å². The molecule has 2 aromatic heterocycles. The van der Waals surface area contributed by atoms with Gasteiger partial charge >= 0.3 is 6.36 Å². The van der Waals surface area contributed by atoms with Crippen molar-refractivity contribution in [3.8, 4) is 28.6 Å². The molecule has 4 aromatic rings. The van der Waals surface area contributed by atoms with Crippen LogP contribution in [-0.2, 0) is 6.54 Å². The van der Waals surface area contributed by atoms with Crippen LogP contribution in [0.5, 0.6) is 5.75 Å². The molecule has 0 unspecified atom stereocenters. The SMILES string of the molecule is O=C(c1cccc(Cn2cc(-c3nc(-c4ccc(OC(F)(F)F)cc4)no3)ccc2=O)c1)N1CC(O)C1. The molecule has 0 spiro atoms. The lowest BCUT2D eigenvalue weighted by atomic mass is 10.1. The summed E-state index contributed by atoms with van der Waals surface area (Å²) in [5.41, 5.74) is 1.76. The van der Waals surface area contributed by atoms with E-state index in [1.165, 1.54) is 28.8 Å². The Kier molecular flexibility index (Phi) is 6.25. The normalized spacial score (nSPS) is 13.9. The fraction of sp³-hybridized carbons (Fsp3) is 0.200. The maximum absolute atomic E-state index is 12.5. The summed E-state index contributed by atoms with van der Waals surface area (Å²) in [5.74, 6) is -0.307. The molecule has 2 aromatic carbocycles. The number of aliphatic hydroxyl groups excluding tert-OH is 1. The van der Waals surface area contributed by atoms with Gasteiger partial charge in [0.25, 0.3) is 17.4 Å². The molecule has 190 valence electrons. The molecule has 1 aliphatic heterocycles. The number of hydrogen-bond donors (Lipinski definition) is 1. The number of alkyl halides is 3. The Hall–Kier alpha value is -4.45. The third-order valence-corrected chi connectivity index (χ3v) is 5.68. The molecule has 1 N–H and O–H groups in total. The first kappa shape index (κ1) is 24.3. The Labute approximate surface area is 207 Å². The standard InChI is InChI=1S/C25H19F3N4O5/c26-25(27,28)36-20-7-4-16(5-8-20)22-29-23(37-30-22)18-6-9-21(34)31(12-18)11-15-2-1-3-17(10-15)24(35)32-13-19(33)14-32/h1-10,12,19,33H,11,13-14H2. The lowest BCUT2D eigenvalue weighted by Gasteiger charge is -2.35. The summed E-state index contributed by atoms with van der Waals surface area (Å²) < 4.78 is 47.7. The van der Waals surface area contributed by atoms with E-state index in [-0.39, 0.29) is 35.5 Å². The molecule has 0 aliphatic carbocycles. The van der Waals surface area contributed by atoms with Crippen molar-refractivity contribution in [3.63, 3.8) is 0 Å². The molecule has 1 saturated heterocycles. The summed E-state index contributed by atoms with van der Waals surface area (Å²) in [6, 6.07) is 14.8. The molecule has 1 aliphatic rings. The number of nitrogens with zero attached hydrogens (tertiary/aromatic N) is 4. The second kappa shape index (κ2) is 9.54. The van der Waals surface area contributed by atoms with E-state index in [9.17, 15) is 27.9 Å². The van der Waals surface area contributed by atoms with Gasteiger partial charge < -0.3 is 23.8 Å². The number of benzene rings is 2. The molecule has 37 heavy (non-hydrogen) atoms. The smallest absolute Gasteiger partial charge is 0.406 e. The van der Waals surface area contributed by atoms with Crippen molar-refractivity contribution in [2.24, 2.45) is 0 Å². The van der Waals surface area contributed by atoms with Crippen molar-refractivity contribution in [1.29, 1.82) is 0 Å². The number of aliphatic hydroxyl groups is 1. The second-order valence-corrected chi connectivity index (χ2v) is 8.44. The number of likely N-dealkylation sites (tertiary alicyclic amines) is 1. The highest BCUT2D eigenvalue weighted by molar-refractivity contribution is 5.95. The summed E-state index contributed by atoms with van der Waals surface area (Å²) in [4.78, 5) is 30.9. The summed E-state index contributed by atoms with van der Waals surface area (Å²) in [7, 11) is 0. The Balaban J connectivity index is 1.33. The lowest BCUT2D eigenvalue weighted by molar-refractivity contribution is -0.274. The highest BCUT2D eigenvalue weighted by Gasteiger charge is 2.31. The number of carbonyl (C=O) groups excluding carboxylic acids is 1. The number of hydrogen-bond acceptors (Lipinski definition) is 7. The molecule has 0 radical (unpaired) electrons. The van der Waals surface area contributed by atoms with E-state index in [4.69, 9.17) is 4.52 Å². The van der Waals surface area contributed by atoms with Crippen molar-refractivity contribution in [1.82, 2.24) is 19.6 Å². The average Bonchev–Trinajstić information content (AvgIpc) is 3.33. The van der Waals surface area contributed by atoms with E-state index in [0.29, 0.717) is 29.8 Å². The molecule has 0 saturated carbocycles. The van der Waals surface area contributed by atoms with Crippen LogP contribution in [0.3, 0.4) is 0 Å². The molecular weight excluding hydrogens is 493 g/mol. The summed E-state index contributed by atoms with van der Waals surface area (Å²) in [6.45, 7) is 0.766. The van der Waals surface area contributed by atoms with E-state index in [2.05, 4.69) is 14.9 Å². The van der Waals surface area contributed by atoms with Crippen molar-refractivity contribution in [3.05, 3.63) is 88.3 Å². The molecule has 12 heteroatoms. The van der Waals surface area contributed by atoms with Gasteiger partial charge in [-0.25, -0.2) is 0 Å². The van der Waals surface area contributed by atoms with Crippen LogP contribution in [0.25, 0.3) is 22.8 Å². The number of ether oxygens (including phenoxy) is 1. The monoisotopic (exact) mass is 512 g/mol. The fourth-order valence-corrected chi connectivity index (χ4v) is 3.85. The van der Waals surface area contributed by atoms with Crippen LogP contribution in [0, 0.1) is 0 Å². The largest absolute Gasteiger partial charge is 0.573 e. The summed E-state index contributed by atoms with van der Waals surface area (Å²) in [6.07, 6.45) is -3.75. The fourth-order valence-electron chi connectivity index (χ4n) is 3.85. The van der Waals surface area contributed by atoms with Crippen LogP contribution in [0.15, 0.2) is 76.2 Å². The number of halogens is 3. The first-order valence-electron chi connectivity index (χ1n) is 11.1. The third kappa shape index (κ3) is 5.54. The van der Waals surface area contributed by atoms with Crippen LogP contribution in [0.1, 0.15) is 15.9 Å². The molecule has 9 nitrogen and oxygen atoms in total. The highest BCUT2D eigenvalue weighted by Crippen LogP contribution is 2.27. The number of aromatic nitrogens is 3. The van der Waals surface area contributed by atoms with E-state index in [1.54, 1.807) is 35.4 Å². The van der Waals surface area contributed by atoms with Crippen LogP contribution < -0.4 is 10.3 Å². The van der Waals surface area contributed by atoms with Crippen LogP contribution in [0.2, 0.25) is 0 Å². The third-order valence-electron chi connectivity index (χ3n) is 5.68. The molecule has 1 amide bonds. The van der Waals surface area contributed by atoms with Crippen LogP contribution in [0.4, 0.5) is 13.2 Å². The van der Waals surface area contributed by atoms with Crippen molar-refractivity contribution in [2.75, 3.05) is 13.1 Å². The zero-order valence-electron chi connectivity index (χ0n) is 19.1. The van der Waals surface area contributed by atoms with E-state index >= 15 is 0 Å². The molecule has 5 rings (SSSR count). The van der Waals surface area contributed by atoms with E-state index < -0.39 is 12.5 Å². The Morgan fingerprint density at radius 1 is 1.08 bits per heavy atom. The zero-order valence-corrected chi connectivity index (χ0v) is 19.1. The van der Waals surface area contributed by atoms with E-state index in [0.717, 1.165) is 17.7 Å². The summed E-state index contributed by atoms with van der Waals surface area (Å²) in [5, 5.41) is 13.3. The van der Waals surface area contributed by atoms with Gasteiger partial charge in [0.05, 0.1) is 18.2 Å². The van der Waals surface area contributed by atoms with Gasteiger partial charge in [-0.15, -0.1) is 13.2 Å². The maximum atomic E-state index is 12.5. The first-order valence-corrected chi connectivity index (χ1v) is 11.1. The Morgan fingerprint density at radius 3 is 2.51 bits per heavy atom. The highest BCUT2D eigenvalue weighted by atomic mass is 19.4. The maximum Gasteiger partial charge on any atom is 0.573 e. The minimum Gasteiger partial charge on any atom is -0.406 e. The van der Waals surface area contributed by atoms with Crippen molar-refractivity contribution >= 4 is 5.91 Å². The van der Waals surface area contributed by atoms with Gasteiger partial charge in [0.2, 0.25) is 5.82 Å². The molecule has 3 heterocycles. The van der Waals surface area contributed by atoms with Gasteiger partial charge in [-0.1, -0.05) is 17.3 Å². The number of amides is 1. The molecule has 0 bridgehead atoms. The van der Waals surface area contributed by atoms with Crippen molar-refractivity contribution < 1.29 is 32.3 Å². The predicted molar refractivity (Wildman–Crippen MR) is 124 cm³/mol. The van der Waals surface area contributed by atoms with Gasteiger partial charge in [-0.05, 0) is 48.0 Å². The second-order valence-electron chi connectivity index (χ2n) is 8.44. The minimum atomic E-state index is -4.79. The lowest BCUT2D eigenvalue weighted by Crippen LogP contribution is -2.53. The summed E-state index contributed by atoms with van der Waals surface area (Å²) >= 11 is 0. The predicted octanol–water partition coefficient (Wildman–Crippen LogP) is 3.33. The van der Waals surface area contributed by atoms with E-state index in [1.807, 2.05) is 0 Å². The van der Waals surface area contributed by atoms with Gasteiger partial charge in [-0.2, -0.15) is 4.98 Å². The number of pyridine rings is 1. The Morgan fingerprint density at radius 2 is 1.81 bits per heavy atom.